The molecule has 1 atom stereocenters. The Morgan fingerprint density at radius 1 is 1.31 bits per heavy atom. The van der Waals surface area contributed by atoms with Gasteiger partial charge in [-0.25, -0.2) is 0 Å². The molecular weight excluding hydrogens is 198 g/mol. The molecule has 0 saturated carbocycles. The number of hydrogen-bond donors (Lipinski definition) is 2. The van der Waals surface area contributed by atoms with Crippen LogP contribution in [0.5, 0.6) is 0 Å². The molecule has 2 N–H and O–H groups in total. The third-order valence-electron chi connectivity index (χ3n) is 3.53. The zero-order valence-corrected chi connectivity index (χ0v) is 11.1. The Labute approximate surface area is 100.0 Å². The van der Waals surface area contributed by atoms with Crippen LogP contribution in [0.1, 0.15) is 33.6 Å². The number of likely N-dealkylation sites (tertiary alicyclic amines) is 1. The Hall–Kier alpha value is -0.120. The van der Waals surface area contributed by atoms with Crippen LogP contribution in [0, 0.1) is 5.92 Å². The van der Waals surface area contributed by atoms with Crippen LogP contribution >= 0.6 is 0 Å². The minimum Gasteiger partial charge on any atom is -0.316 e. The van der Waals surface area contributed by atoms with Gasteiger partial charge >= 0.3 is 0 Å². The predicted octanol–water partition coefficient (Wildman–Crippen LogP) is 1.06. The van der Waals surface area contributed by atoms with Gasteiger partial charge in [0.05, 0.1) is 0 Å². The molecule has 0 amide bonds. The molecule has 2 fully saturated rings. The third kappa shape index (κ3) is 3.72. The summed E-state index contributed by atoms with van der Waals surface area (Å²) in [7, 11) is 0. The first-order valence-electron chi connectivity index (χ1n) is 6.74. The first-order valence-corrected chi connectivity index (χ1v) is 6.74. The third-order valence-corrected chi connectivity index (χ3v) is 3.53. The SMILES string of the molecule is CC(C)(C)N[C@@H]1CCCN(CC2CNC2)C1. The molecule has 0 unspecified atom stereocenters. The quantitative estimate of drug-likeness (QED) is 0.752. The van der Waals surface area contributed by atoms with Crippen LogP contribution in [0.2, 0.25) is 0 Å². The topological polar surface area (TPSA) is 27.3 Å². The fraction of sp³-hybridized carbons (Fsp3) is 1.00. The van der Waals surface area contributed by atoms with E-state index in [1.807, 2.05) is 0 Å². The number of piperidine rings is 1. The molecular formula is C13H27N3. The standard InChI is InChI=1S/C13H27N3/c1-13(2,3)15-12-5-4-6-16(10-12)9-11-7-14-8-11/h11-12,14-15H,4-10H2,1-3H3/t12-/m1/s1. The molecule has 0 aromatic carbocycles. The summed E-state index contributed by atoms with van der Waals surface area (Å²) in [4.78, 5) is 2.65. The summed E-state index contributed by atoms with van der Waals surface area (Å²) in [6, 6.07) is 0.696. The number of hydrogen-bond acceptors (Lipinski definition) is 3. The fourth-order valence-corrected chi connectivity index (χ4v) is 2.79. The molecule has 3 heteroatoms. The first kappa shape index (κ1) is 12.3. The Kier molecular flexibility index (Phi) is 3.88. The summed E-state index contributed by atoms with van der Waals surface area (Å²) < 4.78 is 0. The molecule has 2 aliphatic rings. The van der Waals surface area contributed by atoms with Crippen molar-refractivity contribution in [2.45, 2.75) is 45.2 Å². The molecule has 16 heavy (non-hydrogen) atoms. The number of nitrogens with one attached hydrogen (secondary N) is 2. The highest BCUT2D eigenvalue weighted by molar-refractivity contribution is 4.86. The van der Waals surface area contributed by atoms with Crippen molar-refractivity contribution in [1.29, 1.82) is 0 Å². The lowest BCUT2D eigenvalue weighted by molar-refractivity contribution is 0.134. The Bertz CT molecular complexity index is 218. The summed E-state index contributed by atoms with van der Waals surface area (Å²) in [5.41, 5.74) is 0.256. The van der Waals surface area contributed by atoms with Crippen LogP contribution in [-0.2, 0) is 0 Å². The molecule has 0 aromatic heterocycles. The molecule has 0 aliphatic carbocycles. The molecule has 0 radical (unpaired) electrons. The van der Waals surface area contributed by atoms with Crippen molar-refractivity contribution in [3.05, 3.63) is 0 Å². The fourth-order valence-electron chi connectivity index (χ4n) is 2.79. The van der Waals surface area contributed by atoms with Gasteiger partial charge in [0, 0.05) is 37.8 Å². The van der Waals surface area contributed by atoms with Gasteiger partial charge in [-0.15, -0.1) is 0 Å². The molecule has 2 aliphatic heterocycles. The van der Waals surface area contributed by atoms with Crippen molar-refractivity contribution in [3.63, 3.8) is 0 Å². The lowest BCUT2D eigenvalue weighted by Crippen LogP contribution is -2.55. The van der Waals surface area contributed by atoms with Crippen LogP contribution < -0.4 is 10.6 Å². The second-order valence-corrected chi connectivity index (χ2v) is 6.52. The van der Waals surface area contributed by atoms with E-state index in [-0.39, 0.29) is 5.54 Å². The largest absolute Gasteiger partial charge is 0.316 e. The summed E-state index contributed by atoms with van der Waals surface area (Å²) in [6.07, 6.45) is 2.70. The van der Waals surface area contributed by atoms with E-state index in [2.05, 4.69) is 36.3 Å². The maximum atomic E-state index is 3.74. The molecule has 0 bridgehead atoms. The van der Waals surface area contributed by atoms with Gasteiger partial charge in [0.2, 0.25) is 0 Å². The van der Waals surface area contributed by atoms with Crippen molar-refractivity contribution in [2.75, 3.05) is 32.7 Å². The molecule has 2 rings (SSSR count). The summed E-state index contributed by atoms with van der Waals surface area (Å²) in [5.74, 6) is 0.911. The van der Waals surface area contributed by atoms with Crippen molar-refractivity contribution >= 4 is 0 Å². The Morgan fingerprint density at radius 2 is 2.06 bits per heavy atom. The van der Waals surface area contributed by atoms with Crippen LogP contribution in [0.3, 0.4) is 0 Å². The van der Waals surface area contributed by atoms with E-state index in [1.165, 1.54) is 45.6 Å². The zero-order valence-electron chi connectivity index (χ0n) is 11.1. The highest BCUT2D eigenvalue weighted by Gasteiger charge is 2.26. The van der Waals surface area contributed by atoms with Crippen LogP contribution in [-0.4, -0.2) is 49.2 Å². The van der Waals surface area contributed by atoms with E-state index in [9.17, 15) is 0 Å². The van der Waals surface area contributed by atoms with Gasteiger partial charge in [-0.3, -0.25) is 0 Å². The Morgan fingerprint density at radius 3 is 2.62 bits per heavy atom. The zero-order chi connectivity index (χ0) is 11.6. The molecule has 2 saturated heterocycles. The molecule has 0 spiro atoms. The summed E-state index contributed by atoms with van der Waals surface area (Å²) in [6.45, 7) is 13.1. The second kappa shape index (κ2) is 5.03. The van der Waals surface area contributed by atoms with Crippen LogP contribution in [0.25, 0.3) is 0 Å². The highest BCUT2D eigenvalue weighted by atomic mass is 15.2. The predicted molar refractivity (Wildman–Crippen MR) is 68.7 cm³/mol. The van der Waals surface area contributed by atoms with Crippen molar-refractivity contribution in [3.8, 4) is 0 Å². The van der Waals surface area contributed by atoms with Crippen molar-refractivity contribution < 1.29 is 0 Å². The van der Waals surface area contributed by atoms with Gasteiger partial charge in [0.1, 0.15) is 0 Å². The van der Waals surface area contributed by atoms with E-state index in [4.69, 9.17) is 0 Å². The second-order valence-electron chi connectivity index (χ2n) is 6.52. The van der Waals surface area contributed by atoms with Crippen molar-refractivity contribution in [1.82, 2.24) is 15.5 Å². The van der Waals surface area contributed by atoms with Crippen LogP contribution in [0.4, 0.5) is 0 Å². The van der Waals surface area contributed by atoms with E-state index in [0.29, 0.717) is 6.04 Å². The van der Waals surface area contributed by atoms with E-state index in [1.54, 1.807) is 0 Å². The maximum absolute atomic E-state index is 3.74. The first-order chi connectivity index (χ1) is 7.53. The van der Waals surface area contributed by atoms with E-state index in [0.717, 1.165) is 5.92 Å². The normalized spacial score (nSPS) is 29.1. The van der Waals surface area contributed by atoms with Gasteiger partial charge in [-0.05, 0) is 46.1 Å². The monoisotopic (exact) mass is 225 g/mol. The molecule has 2 heterocycles. The average molecular weight is 225 g/mol. The average Bonchev–Trinajstić information content (AvgIpc) is 2.09. The van der Waals surface area contributed by atoms with Gasteiger partial charge in [0.15, 0.2) is 0 Å². The maximum Gasteiger partial charge on any atom is 0.0200 e. The summed E-state index contributed by atoms with van der Waals surface area (Å²) >= 11 is 0. The van der Waals surface area contributed by atoms with Crippen LogP contribution in [0.15, 0.2) is 0 Å². The van der Waals surface area contributed by atoms with E-state index < -0.39 is 0 Å². The molecule has 0 aromatic rings. The minimum atomic E-state index is 0.256. The molecule has 94 valence electrons. The number of nitrogens with zero attached hydrogens (tertiary/aromatic N) is 1. The highest BCUT2D eigenvalue weighted by Crippen LogP contribution is 2.16. The van der Waals surface area contributed by atoms with Gasteiger partial charge in [-0.1, -0.05) is 0 Å². The van der Waals surface area contributed by atoms with Gasteiger partial charge in [0.25, 0.3) is 0 Å². The smallest absolute Gasteiger partial charge is 0.0200 e. The van der Waals surface area contributed by atoms with E-state index >= 15 is 0 Å². The number of rotatable bonds is 3. The lowest BCUT2D eigenvalue weighted by atomic mass is 9.98. The van der Waals surface area contributed by atoms with Crippen molar-refractivity contribution in [2.24, 2.45) is 5.92 Å². The van der Waals surface area contributed by atoms with Gasteiger partial charge in [-0.2, -0.15) is 0 Å². The Balaban J connectivity index is 1.74. The minimum absolute atomic E-state index is 0.256. The molecule has 3 nitrogen and oxygen atoms in total. The summed E-state index contributed by atoms with van der Waals surface area (Å²) in [5, 5.41) is 7.10. The van der Waals surface area contributed by atoms with Gasteiger partial charge < -0.3 is 15.5 Å². The lowest BCUT2D eigenvalue weighted by Gasteiger charge is -2.40.